The molecule has 2 unspecified atom stereocenters. The number of halogens is 2. The molecular formula is C14H19ClFNO. The minimum Gasteiger partial charge on any atom is -0.377 e. The van der Waals surface area contributed by atoms with Gasteiger partial charge in [0.1, 0.15) is 5.82 Å². The summed E-state index contributed by atoms with van der Waals surface area (Å²) in [6.45, 7) is 0.806. The molecule has 100 valence electrons. The maximum absolute atomic E-state index is 13.7. The van der Waals surface area contributed by atoms with Gasteiger partial charge >= 0.3 is 0 Å². The van der Waals surface area contributed by atoms with Gasteiger partial charge in [-0.2, -0.15) is 0 Å². The molecule has 4 heteroatoms. The number of benzene rings is 1. The molecule has 1 heterocycles. The monoisotopic (exact) mass is 271 g/mol. The van der Waals surface area contributed by atoms with E-state index in [9.17, 15) is 4.39 Å². The van der Waals surface area contributed by atoms with Crippen molar-refractivity contribution in [2.45, 2.75) is 37.8 Å². The number of ether oxygens (including phenoxy) is 1. The Balaban J connectivity index is 2.06. The highest BCUT2D eigenvalue weighted by Crippen LogP contribution is 2.21. The summed E-state index contributed by atoms with van der Waals surface area (Å²) in [5.74, 6) is -0.199. The highest BCUT2D eigenvalue weighted by molar-refractivity contribution is 6.30. The highest BCUT2D eigenvalue weighted by atomic mass is 35.5. The number of nitrogens with one attached hydrogen (secondary N) is 1. The third-order valence-corrected chi connectivity index (χ3v) is 3.72. The Morgan fingerprint density at radius 2 is 2.33 bits per heavy atom. The molecule has 0 radical (unpaired) electrons. The zero-order valence-electron chi connectivity index (χ0n) is 10.6. The quantitative estimate of drug-likeness (QED) is 0.908. The van der Waals surface area contributed by atoms with Gasteiger partial charge < -0.3 is 10.1 Å². The van der Waals surface area contributed by atoms with Crippen LogP contribution in [0.25, 0.3) is 0 Å². The SMILES string of the molecule is CNC(Cc1cc(Cl)ccc1F)C1CCCCO1. The highest BCUT2D eigenvalue weighted by Gasteiger charge is 2.24. The molecule has 2 atom stereocenters. The average Bonchev–Trinajstić information content (AvgIpc) is 2.41. The van der Waals surface area contributed by atoms with Crippen LogP contribution < -0.4 is 5.32 Å². The van der Waals surface area contributed by atoms with E-state index < -0.39 is 0 Å². The molecule has 1 saturated heterocycles. The van der Waals surface area contributed by atoms with Gasteiger partial charge in [0.2, 0.25) is 0 Å². The molecule has 0 spiro atoms. The predicted molar refractivity (Wildman–Crippen MR) is 71.6 cm³/mol. The van der Waals surface area contributed by atoms with Gasteiger partial charge in [-0.15, -0.1) is 0 Å². The van der Waals surface area contributed by atoms with Crippen molar-refractivity contribution in [1.82, 2.24) is 5.32 Å². The number of hydrogen-bond acceptors (Lipinski definition) is 2. The van der Waals surface area contributed by atoms with Gasteiger partial charge in [-0.1, -0.05) is 11.6 Å². The first kappa shape index (κ1) is 13.8. The fourth-order valence-electron chi connectivity index (χ4n) is 2.44. The summed E-state index contributed by atoms with van der Waals surface area (Å²) in [4.78, 5) is 0. The van der Waals surface area contributed by atoms with E-state index in [4.69, 9.17) is 16.3 Å². The molecule has 1 aliphatic rings. The molecular weight excluding hydrogens is 253 g/mol. The third-order valence-electron chi connectivity index (χ3n) is 3.48. The van der Waals surface area contributed by atoms with Crippen LogP contribution in [-0.4, -0.2) is 25.8 Å². The lowest BCUT2D eigenvalue weighted by molar-refractivity contribution is -0.00600. The van der Waals surface area contributed by atoms with E-state index in [2.05, 4.69) is 5.32 Å². The Morgan fingerprint density at radius 1 is 1.50 bits per heavy atom. The number of hydrogen-bond donors (Lipinski definition) is 1. The second kappa shape index (κ2) is 6.50. The standard InChI is InChI=1S/C14H19ClFNO/c1-17-13(14-4-2-3-7-18-14)9-10-8-11(15)5-6-12(10)16/h5-6,8,13-14,17H,2-4,7,9H2,1H3. The van der Waals surface area contributed by atoms with Crippen molar-refractivity contribution in [3.63, 3.8) is 0 Å². The maximum atomic E-state index is 13.7. The molecule has 1 aromatic rings. The van der Waals surface area contributed by atoms with Crippen molar-refractivity contribution in [2.75, 3.05) is 13.7 Å². The van der Waals surface area contributed by atoms with E-state index in [0.717, 1.165) is 19.4 Å². The minimum atomic E-state index is -0.199. The first-order valence-electron chi connectivity index (χ1n) is 6.43. The van der Waals surface area contributed by atoms with Crippen molar-refractivity contribution in [3.05, 3.63) is 34.6 Å². The Labute approximate surface area is 112 Å². The third kappa shape index (κ3) is 3.44. The van der Waals surface area contributed by atoms with Crippen molar-refractivity contribution < 1.29 is 9.13 Å². The molecule has 18 heavy (non-hydrogen) atoms. The van der Waals surface area contributed by atoms with Crippen LogP contribution in [0.2, 0.25) is 5.02 Å². The maximum Gasteiger partial charge on any atom is 0.126 e. The van der Waals surface area contributed by atoms with E-state index in [1.807, 2.05) is 7.05 Å². The van der Waals surface area contributed by atoms with Gasteiger partial charge in [0.05, 0.1) is 6.10 Å². The fourth-order valence-corrected chi connectivity index (χ4v) is 2.63. The molecule has 2 nitrogen and oxygen atoms in total. The van der Waals surface area contributed by atoms with Crippen LogP contribution in [0.1, 0.15) is 24.8 Å². The summed E-state index contributed by atoms with van der Waals surface area (Å²) < 4.78 is 19.5. The molecule has 0 amide bonds. The number of likely N-dealkylation sites (N-methyl/N-ethyl adjacent to an activating group) is 1. The van der Waals surface area contributed by atoms with E-state index >= 15 is 0 Å². The average molecular weight is 272 g/mol. The van der Waals surface area contributed by atoms with Crippen LogP contribution >= 0.6 is 11.6 Å². The van der Waals surface area contributed by atoms with E-state index in [1.165, 1.54) is 12.5 Å². The van der Waals surface area contributed by atoms with Gasteiger partial charge in [-0.3, -0.25) is 0 Å². The topological polar surface area (TPSA) is 21.3 Å². The second-order valence-electron chi connectivity index (χ2n) is 4.74. The van der Waals surface area contributed by atoms with E-state index in [0.29, 0.717) is 17.0 Å². The predicted octanol–water partition coefficient (Wildman–Crippen LogP) is 3.18. The van der Waals surface area contributed by atoms with Crippen molar-refractivity contribution >= 4 is 11.6 Å². The molecule has 0 aromatic heterocycles. The summed E-state index contributed by atoms with van der Waals surface area (Å²) in [7, 11) is 1.89. The molecule has 1 aromatic carbocycles. The van der Waals surface area contributed by atoms with E-state index in [1.54, 1.807) is 12.1 Å². The van der Waals surface area contributed by atoms with Crippen molar-refractivity contribution in [3.8, 4) is 0 Å². The first-order valence-corrected chi connectivity index (χ1v) is 6.81. The van der Waals surface area contributed by atoms with Crippen LogP contribution in [0.3, 0.4) is 0 Å². The molecule has 0 saturated carbocycles. The Bertz CT molecular complexity index is 393. The fraction of sp³-hybridized carbons (Fsp3) is 0.571. The number of rotatable bonds is 4. The van der Waals surface area contributed by atoms with Gasteiger partial charge in [0.15, 0.2) is 0 Å². The van der Waals surface area contributed by atoms with Gasteiger partial charge in [0, 0.05) is 17.7 Å². The Morgan fingerprint density at radius 3 is 3.00 bits per heavy atom. The summed E-state index contributed by atoms with van der Waals surface area (Å²) in [5.41, 5.74) is 0.649. The Kier molecular flexibility index (Phi) is 4.98. The lowest BCUT2D eigenvalue weighted by Gasteiger charge is -2.30. The summed E-state index contributed by atoms with van der Waals surface area (Å²) in [6, 6.07) is 4.83. The zero-order valence-corrected chi connectivity index (χ0v) is 11.3. The molecule has 0 aliphatic carbocycles. The first-order chi connectivity index (χ1) is 8.70. The van der Waals surface area contributed by atoms with Crippen molar-refractivity contribution in [2.24, 2.45) is 0 Å². The van der Waals surface area contributed by atoms with Crippen LogP contribution in [0.15, 0.2) is 18.2 Å². The lowest BCUT2D eigenvalue weighted by atomic mass is 9.96. The van der Waals surface area contributed by atoms with Gasteiger partial charge in [-0.25, -0.2) is 4.39 Å². The zero-order chi connectivity index (χ0) is 13.0. The lowest BCUT2D eigenvalue weighted by Crippen LogP contribution is -2.42. The molecule has 2 rings (SSSR count). The summed E-state index contributed by atoms with van der Waals surface area (Å²) in [5, 5.41) is 3.81. The second-order valence-corrected chi connectivity index (χ2v) is 5.18. The van der Waals surface area contributed by atoms with Gasteiger partial charge in [0.25, 0.3) is 0 Å². The van der Waals surface area contributed by atoms with Crippen LogP contribution in [0.4, 0.5) is 4.39 Å². The molecule has 1 aliphatic heterocycles. The largest absolute Gasteiger partial charge is 0.377 e. The van der Waals surface area contributed by atoms with E-state index in [-0.39, 0.29) is 18.0 Å². The normalized spacial score (nSPS) is 21.8. The van der Waals surface area contributed by atoms with Crippen LogP contribution in [0, 0.1) is 5.82 Å². The smallest absolute Gasteiger partial charge is 0.126 e. The van der Waals surface area contributed by atoms with Crippen molar-refractivity contribution in [1.29, 1.82) is 0 Å². The molecule has 1 N–H and O–H groups in total. The minimum absolute atomic E-state index is 0.137. The molecule has 1 fully saturated rings. The van der Waals surface area contributed by atoms with Crippen LogP contribution in [-0.2, 0) is 11.2 Å². The molecule has 0 bridgehead atoms. The summed E-state index contributed by atoms with van der Waals surface area (Å²) in [6.07, 6.45) is 4.11. The Hall–Kier alpha value is -0.640. The van der Waals surface area contributed by atoms with Crippen LogP contribution in [0.5, 0.6) is 0 Å². The van der Waals surface area contributed by atoms with Gasteiger partial charge in [-0.05, 0) is 56.5 Å². The summed E-state index contributed by atoms with van der Waals surface area (Å²) >= 11 is 5.91.